The number of para-hydroxylation sites is 1. The van der Waals surface area contributed by atoms with Gasteiger partial charge in [-0.25, -0.2) is 9.97 Å². The molecule has 8 heteroatoms. The van der Waals surface area contributed by atoms with Crippen LogP contribution in [0.3, 0.4) is 0 Å². The van der Waals surface area contributed by atoms with Gasteiger partial charge in [0.1, 0.15) is 10.8 Å². The van der Waals surface area contributed by atoms with E-state index in [1.54, 1.807) is 30.1 Å². The number of carbonyl (C=O) groups is 1. The van der Waals surface area contributed by atoms with Crippen molar-refractivity contribution in [3.05, 3.63) is 80.3 Å². The van der Waals surface area contributed by atoms with Crippen LogP contribution in [0.15, 0.2) is 63.2 Å². The Kier molecular flexibility index (Phi) is 5.55. The van der Waals surface area contributed by atoms with Crippen molar-refractivity contribution in [2.24, 2.45) is 0 Å². The van der Waals surface area contributed by atoms with Crippen molar-refractivity contribution in [3.8, 4) is 10.6 Å². The van der Waals surface area contributed by atoms with E-state index in [2.05, 4.69) is 30.9 Å². The summed E-state index contributed by atoms with van der Waals surface area (Å²) in [6.45, 7) is 0.224. The van der Waals surface area contributed by atoms with Gasteiger partial charge in [-0.2, -0.15) is 0 Å². The number of rotatable bonds is 5. The highest BCUT2D eigenvalue weighted by Crippen LogP contribution is 2.26. The third kappa shape index (κ3) is 4.44. The van der Waals surface area contributed by atoms with Crippen LogP contribution in [0, 0.1) is 0 Å². The van der Waals surface area contributed by atoms with Gasteiger partial charge in [0.05, 0.1) is 29.6 Å². The van der Waals surface area contributed by atoms with E-state index in [9.17, 15) is 9.59 Å². The second kappa shape index (κ2) is 8.26. The van der Waals surface area contributed by atoms with Gasteiger partial charge >= 0.3 is 0 Å². The second-order valence-electron chi connectivity index (χ2n) is 6.61. The van der Waals surface area contributed by atoms with Gasteiger partial charge in [0.2, 0.25) is 5.91 Å². The highest BCUT2D eigenvalue weighted by Gasteiger charge is 2.15. The van der Waals surface area contributed by atoms with E-state index in [0.29, 0.717) is 16.7 Å². The van der Waals surface area contributed by atoms with E-state index < -0.39 is 0 Å². The van der Waals surface area contributed by atoms with Crippen LogP contribution in [0.25, 0.3) is 21.5 Å². The lowest BCUT2D eigenvalue weighted by Gasteiger charge is -2.16. The Morgan fingerprint density at radius 3 is 2.83 bits per heavy atom. The average Bonchev–Trinajstić information content (AvgIpc) is 3.16. The minimum absolute atomic E-state index is 0.0908. The summed E-state index contributed by atoms with van der Waals surface area (Å²) < 4.78 is 0.986. The lowest BCUT2D eigenvalue weighted by molar-refractivity contribution is -0.129. The molecule has 0 aliphatic carbocycles. The number of hydrogen-bond donors (Lipinski definition) is 1. The number of H-pyrrole nitrogens is 1. The Bertz CT molecular complexity index is 1250. The van der Waals surface area contributed by atoms with E-state index in [-0.39, 0.29) is 24.4 Å². The molecule has 29 heavy (non-hydrogen) atoms. The Hall–Kier alpha value is -2.84. The van der Waals surface area contributed by atoms with Gasteiger partial charge in [0.25, 0.3) is 5.56 Å². The molecule has 6 nitrogen and oxygen atoms in total. The smallest absolute Gasteiger partial charge is 0.258 e. The van der Waals surface area contributed by atoms with Gasteiger partial charge in [-0.15, -0.1) is 11.3 Å². The fourth-order valence-electron chi connectivity index (χ4n) is 2.95. The Morgan fingerprint density at radius 2 is 2.00 bits per heavy atom. The topological polar surface area (TPSA) is 79.0 Å². The largest absolute Gasteiger partial charge is 0.338 e. The van der Waals surface area contributed by atoms with E-state index in [0.717, 1.165) is 20.7 Å². The highest BCUT2D eigenvalue weighted by molar-refractivity contribution is 9.10. The summed E-state index contributed by atoms with van der Waals surface area (Å²) in [5.41, 5.74) is 2.14. The molecule has 4 rings (SSSR count). The molecular weight excluding hydrogens is 452 g/mol. The number of fused-ring (bicyclic) bond motifs is 1. The quantitative estimate of drug-likeness (QED) is 0.479. The molecule has 4 aromatic rings. The van der Waals surface area contributed by atoms with Crippen LogP contribution < -0.4 is 5.56 Å². The summed E-state index contributed by atoms with van der Waals surface area (Å²) >= 11 is 4.97. The van der Waals surface area contributed by atoms with Crippen molar-refractivity contribution in [2.45, 2.75) is 13.0 Å². The number of likely N-dealkylation sites (N-methyl/N-ethyl adjacent to an activating group) is 1. The number of aromatic nitrogens is 3. The molecule has 1 N–H and O–H groups in total. The first-order chi connectivity index (χ1) is 14.0. The van der Waals surface area contributed by atoms with Crippen molar-refractivity contribution in [3.63, 3.8) is 0 Å². The first-order valence-corrected chi connectivity index (χ1v) is 10.6. The summed E-state index contributed by atoms with van der Waals surface area (Å²) in [5.74, 6) is 0.365. The lowest BCUT2D eigenvalue weighted by Crippen LogP contribution is -2.29. The van der Waals surface area contributed by atoms with E-state index in [4.69, 9.17) is 0 Å². The molecule has 0 aliphatic heterocycles. The summed E-state index contributed by atoms with van der Waals surface area (Å²) in [4.78, 5) is 38.2. The van der Waals surface area contributed by atoms with Crippen LogP contribution in [0.5, 0.6) is 0 Å². The molecule has 146 valence electrons. The van der Waals surface area contributed by atoms with Gasteiger partial charge < -0.3 is 9.88 Å². The van der Waals surface area contributed by atoms with Gasteiger partial charge in [0, 0.05) is 22.5 Å². The minimum Gasteiger partial charge on any atom is -0.338 e. The zero-order chi connectivity index (χ0) is 20.4. The second-order valence-corrected chi connectivity index (χ2v) is 8.38. The number of hydrogen-bond acceptors (Lipinski definition) is 5. The maximum Gasteiger partial charge on any atom is 0.258 e. The van der Waals surface area contributed by atoms with E-state index in [1.165, 1.54) is 11.3 Å². The Morgan fingerprint density at radius 1 is 1.17 bits per heavy atom. The van der Waals surface area contributed by atoms with Crippen LogP contribution in [0.4, 0.5) is 0 Å². The molecule has 2 aromatic carbocycles. The molecule has 0 radical (unpaired) electrons. The number of nitrogens with one attached hydrogen (secondary N) is 1. The van der Waals surface area contributed by atoms with Crippen molar-refractivity contribution < 1.29 is 4.79 Å². The first-order valence-electron chi connectivity index (χ1n) is 8.92. The zero-order valence-corrected chi connectivity index (χ0v) is 18.0. The zero-order valence-electron chi connectivity index (χ0n) is 15.6. The van der Waals surface area contributed by atoms with Gasteiger partial charge in [0.15, 0.2) is 0 Å². The number of thiazole rings is 1. The van der Waals surface area contributed by atoms with Crippen molar-refractivity contribution in [2.75, 3.05) is 7.05 Å². The average molecular weight is 469 g/mol. The standard InChI is InChI=1S/C21H17BrN4O2S/c1-26(11-18-24-17-8-3-2-7-16(17)20(28)25-18)19(27)10-15-12-29-21(23-15)13-5-4-6-14(22)9-13/h2-9,12H,10-11H2,1H3,(H,24,25,28). The number of halogens is 1. The Labute approximate surface area is 179 Å². The van der Waals surface area contributed by atoms with E-state index >= 15 is 0 Å². The third-order valence-electron chi connectivity index (χ3n) is 4.43. The number of benzene rings is 2. The monoisotopic (exact) mass is 468 g/mol. The van der Waals surface area contributed by atoms with Gasteiger partial charge in [-0.3, -0.25) is 9.59 Å². The fourth-order valence-corrected chi connectivity index (χ4v) is 4.17. The molecule has 2 aromatic heterocycles. The number of carbonyl (C=O) groups excluding carboxylic acids is 1. The highest BCUT2D eigenvalue weighted by atomic mass is 79.9. The molecule has 0 spiro atoms. The minimum atomic E-state index is -0.204. The molecule has 0 bridgehead atoms. The van der Waals surface area contributed by atoms with Crippen molar-refractivity contribution in [1.82, 2.24) is 19.9 Å². The molecule has 2 heterocycles. The fraction of sp³-hybridized carbons (Fsp3) is 0.143. The normalized spacial score (nSPS) is 11.0. The lowest BCUT2D eigenvalue weighted by atomic mass is 10.2. The third-order valence-corrected chi connectivity index (χ3v) is 5.86. The summed E-state index contributed by atoms with van der Waals surface area (Å²) in [6.07, 6.45) is 0.193. The maximum atomic E-state index is 12.6. The van der Waals surface area contributed by atoms with Gasteiger partial charge in [-0.1, -0.05) is 40.2 Å². The van der Waals surface area contributed by atoms with Crippen LogP contribution in [0.2, 0.25) is 0 Å². The Balaban J connectivity index is 1.46. The van der Waals surface area contributed by atoms with Crippen LogP contribution in [0.1, 0.15) is 11.5 Å². The van der Waals surface area contributed by atoms with Crippen LogP contribution >= 0.6 is 27.3 Å². The summed E-state index contributed by atoms with van der Waals surface area (Å²) in [7, 11) is 1.69. The van der Waals surface area contributed by atoms with Crippen molar-refractivity contribution >= 4 is 44.1 Å². The van der Waals surface area contributed by atoms with E-state index in [1.807, 2.05) is 35.7 Å². The molecule has 0 atom stereocenters. The van der Waals surface area contributed by atoms with Crippen LogP contribution in [-0.2, 0) is 17.8 Å². The predicted octanol–water partition coefficient (Wildman–Crippen LogP) is 4.01. The number of amides is 1. The SMILES string of the molecule is CN(Cc1nc2ccccc2c(=O)[nH]1)C(=O)Cc1csc(-c2cccc(Br)c2)n1. The number of nitrogens with zero attached hydrogens (tertiary/aromatic N) is 3. The molecule has 0 aliphatic rings. The maximum absolute atomic E-state index is 12.6. The molecule has 0 unspecified atom stereocenters. The molecule has 0 saturated heterocycles. The predicted molar refractivity (Wildman–Crippen MR) is 118 cm³/mol. The first kappa shape index (κ1) is 19.5. The van der Waals surface area contributed by atoms with Crippen LogP contribution in [-0.4, -0.2) is 32.8 Å². The van der Waals surface area contributed by atoms with Crippen molar-refractivity contribution in [1.29, 1.82) is 0 Å². The number of aromatic amines is 1. The van der Waals surface area contributed by atoms with Gasteiger partial charge in [-0.05, 0) is 24.3 Å². The molecular formula is C21H17BrN4O2S. The molecule has 0 fully saturated rings. The molecule has 0 saturated carbocycles. The summed E-state index contributed by atoms with van der Waals surface area (Å²) in [6, 6.07) is 15.0. The summed E-state index contributed by atoms with van der Waals surface area (Å²) in [5, 5.41) is 3.31. The molecule has 1 amide bonds.